The summed E-state index contributed by atoms with van der Waals surface area (Å²) in [6, 6.07) is 4.97. The summed E-state index contributed by atoms with van der Waals surface area (Å²) >= 11 is 0. The largest absolute Gasteiger partial charge is 0.243 e. The number of hydrogen-bond donors (Lipinski definition) is 0. The summed E-state index contributed by atoms with van der Waals surface area (Å²) in [7, 11) is -7.01. The maximum atomic E-state index is 13.1. The Labute approximate surface area is 139 Å². The molecule has 7 heteroatoms. The summed E-state index contributed by atoms with van der Waals surface area (Å²) in [4.78, 5) is 0.188. The van der Waals surface area contributed by atoms with Gasteiger partial charge < -0.3 is 0 Å². The highest BCUT2D eigenvalue weighted by atomic mass is 32.2. The molecule has 0 radical (unpaired) electrons. The third-order valence-corrected chi connectivity index (χ3v) is 8.35. The van der Waals surface area contributed by atoms with E-state index in [4.69, 9.17) is 0 Å². The van der Waals surface area contributed by atoms with Gasteiger partial charge in [-0.15, -0.1) is 6.58 Å². The van der Waals surface area contributed by atoms with Crippen LogP contribution < -0.4 is 0 Å². The molecule has 0 bridgehead atoms. The average Bonchev–Trinajstić information content (AvgIpc) is 2.73. The second-order valence-corrected chi connectivity index (χ2v) is 10.5. The lowest BCUT2D eigenvalue weighted by Gasteiger charge is -2.35. The molecular weight excluding hydrogens is 334 g/mol. The molecule has 1 aliphatic rings. The summed E-state index contributed by atoms with van der Waals surface area (Å²) in [6.07, 6.45) is 1.79. The topological polar surface area (TPSA) is 71.5 Å². The van der Waals surface area contributed by atoms with Gasteiger partial charge in [0.2, 0.25) is 10.0 Å². The van der Waals surface area contributed by atoms with Gasteiger partial charge in [0.1, 0.15) is 0 Å². The molecular formula is C16H23NO4S2. The highest BCUT2D eigenvalue weighted by Gasteiger charge is 2.47. The first-order valence-corrected chi connectivity index (χ1v) is 10.7. The van der Waals surface area contributed by atoms with Gasteiger partial charge in [-0.05, 0) is 50.5 Å². The molecule has 1 aromatic rings. The number of sulfonamides is 1. The van der Waals surface area contributed by atoms with Gasteiger partial charge in [0, 0.05) is 12.1 Å². The third-order valence-electron chi connectivity index (χ3n) is 4.45. The SMILES string of the molecule is C=CCN([C@@]1(C)CCS(=O)(=O)C1)S(=O)(=O)c1ccc(C)c(C)c1. The molecule has 128 valence electrons. The Morgan fingerprint density at radius 3 is 2.43 bits per heavy atom. The molecule has 0 saturated carbocycles. The van der Waals surface area contributed by atoms with Crippen LogP contribution in [0.2, 0.25) is 0 Å². The lowest BCUT2D eigenvalue weighted by molar-refractivity contribution is 0.252. The maximum Gasteiger partial charge on any atom is 0.243 e. The Morgan fingerprint density at radius 1 is 1.30 bits per heavy atom. The lowest BCUT2D eigenvalue weighted by Crippen LogP contribution is -2.50. The van der Waals surface area contributed by atoms with Gasteiger partial charge in [-0.3, -0.25) is 0 Å². The van der Waals surface area contributed by atoms with Crippen LogP contribution in [0.5, 0.6) is 0 Å². The fraction of sp³-hybridized carbons (Fsp3) is 0.500. The van der Waals surface area contributed by atoms with Crippen LogP contribution in [0.25, 0.3) is 0 Å². The number of hydrogen-bond acceptors (Lipinski definition) is 4. The third kappa shape index (κ3) is 3.51. The van der Waals surface area contributed by atoms with E-state index in [1.54, 1.807) is 25.1 Å². The fourth-order valence-corrected chi connectivity index (χ4v) is 7.00. The molecule has 0 aromatic heterocycles. The number of sulfone groups is 1. The fourth-order valence-electron chi connectivity index (χ4n) is 2.92. The van der Waals surface area contributed by atoms with Gasteiger partial charge in [-0.2, -0.15) is 4.31 Å². The quantitative estimate of drug-likeness (QED) is 0.756. The van der Waals surface area contributed by atoms with Crippen LogP contribution in [0.15, 0.2) is 35.7 Å². The summed E-state index contributed by atoms with van der Waals surface area (Å²) < 4.78 is 51.2. The maximum absolute atomic E-state index is 13.1. The predicted octanol–water partition coefficient (Wildman–Crippen LogP) is 2.06. The Bertz CT molecular complexity index is 828. The summed E-state index contributed by atoms with van der Waals surface area (Å²) in [6.45, 7) is 9.17. The summed E-state index contributed by atoms with van der Waals surface area (Å²) in [5, 5.41) is 0. The number of benzene rings is 1. The van der Waals surface area contributed by atoms with E-state index >= 15 is 0 Å². The number of aryl methyl sites for hydroxylation is 2. The molecule has 1 aromatic carbocycles. The Morgan fingerprint density at radius 2 is 1.96 bits per heavy atom. The monoisotopic (exact) mass is 357 g/mol. The van der Waals surface area contributed by atoms with Crippen LogP contribution >= 0.6 is 0 Å². The molecule has 0 amide bonds. The summed E-state index contributed by atoms with van der Waals surface area (Å²) in [5.41, 5.74) is 0.952. The van der Waals surface area contributed by atoms with E-state index in [1.165, 1.54) is 10.4 Å². The van der Waals surface area contributed by atoms with Crippen LogP contribution in [0.4, 0.5) is 0 Å². The van der Waals surface area contributed by atoms with Gasteiger partial charge in [0.25, 0.3) is 0 Å². The molecule has 1 aliphatic heterocycles. The number of rotatable bonds is 5. The van der Waals surface area contributed by atoms with Crippen molar-refractivity contribution in [2.24, 2.45) is 0 Å². The van der Waals surface area contributed by atoms with Gasteiger partial charge in [0.15, 0.2) is 9.84 Å². The molecule has 23 heavy (non-hydrogen) atoms. The Hall–Kier alpha value is -1.18. The van der Waals surface area contributed by atoms with Crippen molar-refractivity contribution in [1.82, 2.24) is 4.31 Å². The highest BCUT2D eigenvalue weighted by Crippen LogP contribution is 2.34. The molecule has 2 rings (SSSR count). The van der Waals surface area contributed by atoms with Crippen LogP contribution in [0.1, 0.15) is 24.5 Å². The van der Waals surface area contributed by atoms with Crippen molar-refractivity contribution in [2.45, 2.75) is 37.6 Å². The number of nitrogens with zero attached hydrogens (tertiary/aromatic N) is 1. The van der Waals surface area contributed by atoms with Crippen molar-refractivity contribution in [3.8, 4) is 0 Å². The molecule has 0 aliphatic carbocycles. The second-order valence-electron chi connectivity index (χ2n) is 6.41. The molecule has 1 atom stereocenters. The van der Waals surface area contributed by atoms with E-state index in [-0.39, 0.29) is 22.9 Å². The molecule has 0 unspecified atom stereocenters. The highest BCUT2D eigenvalue weighted by molar-refractivity contribution is 7.92. The van der Waals surface area contributed by atoms with E-state index < -0.39 is 25.4 Å². The Kier molecular flexibility index (Phi) is 4.76. The van der Waals surface area contributed by atoms with Crippen molar-refractivity contribution < 1.29 is 16.8 Å². The van der Waals surface area contributed by atoms with Crippen molar-refractivity contribution in [2.75, 3.05) is 18.1 Å². The zero-order valence-corrected chi connectivity index (χ0v) is 15.4. The first kappa shape index (κ1) is 18.2. The van der Waals surface area contributed by atoms with Gasteiger partial charge in [-0.1, -0.05) is 12.1 Å². The van der Waals surface area contributed by atoms with Crippen molar-refractivity contribution in [1.29, 1.82) is 0 Å². The van der Waals surface area contributed by atoms with Gasteiger partial charge in [-0.25, -0.2) is 16.8 Å². The van der Waals surface area contributed by atoms with Crippen LogP contribution in [-0.4, -0.2) is 44.7 Å². The molecule has 5 nitrogen and oxygen atoms in total. The molecule has 1 heterocycles. The van der Waals surface area contributed by atoms with E-state index in [9.17, 15) is 16.8 Å². The van der Waals surface area contributed by atoms with E-state index in [0.717, 1.165) is 11.1 Å². The second kappa shape index (κ2) is 6.03. The first-order chi connectivity index (χ1) is 10.5. The molecule has 1 saturated heterocycles. The zero-order valence-electron chi connectivity index (χ0n) is 13.7. The van der Waals surface area contributed by atoms with Crippen molar-refractivity contribution >= 4 is 19.9 Å². The van der Waals surface area contributed by atoms with Crippen LogP contribution in [0, 0.1) is 13.8 Å². The van der Waals surface area contributed by atoms with Gasteiger partial charge in [0.05, 0.1) is 16.4 Å². The van der Waals surface area contributed by atoms with Crippen molar-refractivity contribution in [3.63, 3.8) is 0 Å². The minimum atomic E-state index is -3.80. The van der Waals surface area contributed by atoms with E-state index in [0.29, 0.717) is 6.42 Å². The first-order valence-electron chi connectivity index (χ1n) is 7.43. The molecule has 1 fully saturated rings. The molecule has 0 spiro atoms. The average molecular weight is 357 g/mol. The summed E-state index contributed by atoms with van der Waals surface area (Å²) in [5.74, 6) is -0.141. The Balaban J connectivity index is 2.52. The van der Waals surface area contributed by atoms with E-state index in [1.807, 2.05) is 13.8 Å². The zero-order chi connectivity index (χ0) is 17.5. The van der Waals surface area contributed by atoms with Crippen LogP contribution in [-0.2, 0) is 19.9 Å². The predicted molar refractivity (Wildman–Crippen MR) is 91.7 cm³/mol. The standard InChI is InChI=1S/C16H23NO4S2/c1-5-9-17(16(4)8-10-22(18,19)12-16)23(20,21)15-7-6-13(2)14(3)11-15/h5-7,11H,1,8-10,12H2,2-4H3/t16-/m0/s1. The minimum Gasteiger partial charge on any atom is -0.229 e. The smallest absolute Gasteiger partial charge is 0.229 e. The van der Waals surface area contributed by atoms with Crippen molar-refractivity contribution in [3.05, 3.63) is 42.0 Å². The van der Waals surface area contributed by atoms with Crippen LogP contribution in [0.3, 0.4) is 0 Å². The minimum absolute atomic E-state index is 0.0135. The van der Waals surface area contributed by atoms with E-state index in [2.05, 4.69) is 6.58 Å². The molecule has 0 N–H and O–H groups in total. The van der Waals surface area contributed by atoms with Gasteiger partial charge >= 0.3 is 0 Å². The lowest BCUT2D eigenvalue weighted by atomic mass is 10.0. The normalized spacial score (nSPS) is 24.0.